The molecule has 1 N–H and O–H groups in total. The van der Waals surface area contributed by atoms with Gasteiger partial charge in [-0.2, -0.15) is 0 Å². The molecule has 2 aromatic heterocycles. The van der Waals surface area contributed by atoms with Gasteiger partial charge in [-0.15, -0.1) is 0 Å². The van der Waals surface area contributed by atoms with Crippen LogP contribution in [0.2, 0.25) is 0 Å². The number of nitrogens with zero attached hydrogens (tertiary/aromatic N) is 4. The maximum Gasteiger partial charge on any atom is 0.273 e. The molecular weight excluding hydrogens is 346 g/mol. The van der Waals surface area contributed by atoms with Crippen molar-refractivity contribution in [2.45, 2.75) is 6.54 Å². The lowest BCUT2D eigenvalue weighted by Crippen LogP contribution is -2.37. The summed E-state index contributed by atoms with van der Waals surface area (Å²) in [7, 11) is 0. The van der Waals surface area contributed by atoms with Crippen molar-refractivity contribution in [2.24, 2.45) is 0 Å². The van der Waals surface area contributed by atoms with Crippen LogP contribution < -0.4 is 10.2 Å². The number of nitrogens with one attached hydrogen (secondary N) is 1. The van der Waals surface area contributed by atoms with E-state index in [2.05, 4.69) is 25.3 Å². The summed E-state index contributed by atoms with van der Waals surface area (Å²) in [6.45, 7) is 3.18. The van der Waals surface area contributed by atoms with E-state index < -0.39 is 0 Å². The zero-order chi connectivity index (χ0) is 18.5. The number of hydrogen-bond donors (Lipinski definition) is 1. The van der Waals surface area contributed by atoms with Gasteiger partial charge >= 0.3 is 0 Å². The van der Waals surface area contributed by atoms with Crippen LogP contribution in [0.5, 0.6) is 0 Å². The number of aromatic nitrogens is 3. The van der Waals surface area contributed by atoms with Gasteiger partial charge in [-0.1, -0.05) is 35.5 Å². The third-order valence-electron chi connectivity index (χ3n) is 4.23. The standard InChI is InChI=1S/C19H19N5O3/c25-19(15-12-16(27-23-15)14-4-2-1-3-5-14)21-13-17-20-7-6-18(22-17)24-8-10-26-11-9-24/h1-7,12H,8-11,13H2,(H,21,25). The Kier molecular flexibility index (Phi) is 5.06. The van der Waals surface area contributed by atoms with Crippen LogP contribution in [0.1, 0.15) is 16.3 Å². The zero-order valence-corrected chi connectivity index (χ0v) is 14.7. The molecule has 27 heavy (non-hydrogen) atoms. The van der Waals surface area contributed by atoms with Crippen LogP contribution in [0.3, 0.4) is 0 Å². The number of morpholine rings is 1. The van der Waals surface area contributed by atoms with Gasteiger partial charge in [-0.3, -0.25) is 4.79 Å². The van der Waals surface area contributed by atoms with Crippen molar-refractivity contribution in [1.82, 2.24) is 20.4 Å². The SMILES string of the molecule is O=C(NCc1nccc(N2CCOCC2)n1)c1cc(-c2ccccc2)on1. The van der Waals surface area contributed by atoms with E-state index in [-0.39, 0.29) is 18.1 Å². The summed E-state index contributed by atoms with van der Waals surface area (Å²) in [5.74, 6) is 1.59. The molecule has 4 rings (SSSR count). The summed E-state index contributed by atoms with van der Waals surface area (Å²) in [5.41, 5.74) is 1.09. The van der Waals surface area contributed by atoms with Crippen LogP contribution >= 0.6 is 0 Å². The minimum absolute atomic E-state index is 0.213. The van der Waals surface area contributed by atoms with Crippen LogP contribution in [-0.4, -0.2) is 47.3 Å². The second-order valence-corrected chi connectivity index (χ2v) is 6.06. The van der Waals surface area contributed by atoms with Crippen LogP contribution in [0.4, 0.5) is 5.82 Å². The Morgan fingerprint density at radius 3 is 2.78 bits per heavy atom. The lowest BCUT2D eigenvalue weighted by atomic mass is 10.1. The van der Waals surface area contributed by atoms with Crippen molar-refractivity contribution in [1.29, 1.82) is 0 Å². The van der Waals surface area contributed by atoms with Gasteiger partial charge in [0, 0.05) is 30.9 Å². The first-order chi connectivity index (χ1) is 13.3. The Morgan fingerprint density at radius 2 is 1.96 bits per heavy atom. The maximum absolute atomic E-state index is 12.3. The van der Waals surface area contributed by atoms with E-state index in [0.29, 0.717) is 24.8 Å². The Morgan fingerprint density at radius 1 is 1.15 bits per heavy atom. The van der Waals surface area contributed by atoms with Crippen molar-refractivity contribution < 1.29 is 14.1 Å². The van der Waals surface area contributed by atoms with Crippen molar-refractivity contribution in [3.63, 3.8) is 0 Å². The number of ether oxygens (including phenoxy) is 1. The number of carbonyl (C=O) groups excluding carboxylic acids is 1. The molecule has 1 amide bonds. The summed E-state index contributed by atoms with van der Waals surface area (Å²) in [6, 6.07) is 13.0. The van der Waals surface area contributed by atoms with Gasteiger partial charge in [0.05, 0.1) is 19.8 Å². The average molecular weight is 365 g/mol. The molecule has 0 aliphatic carbocycles. The fourth-order valence-corrected chi connectivity index (χ4v) is 2.81. The number of benzene rings is 1. The lowest BCUT2D eigenvalue weighted by Gasteiger charge is -2.27. The third-order valence-corrected chi connectivity index (χ3v) is 4.23. The molecule has 0 spiro atoms. The molecule has 1 fully saturated rings. The highest BCUT2D eigenvalue weighted by Crippen LogP contribution is 2.19. The van der Waals surface area contributed by atoms with Gasteiger partial charge < -0.3 is 19.5 Å². The van der Waals surface area contributed by atoms with Crippen LogP contribution in [0.15, 0.2) is 53.2 Å². The molecule has 1 aromatic carbocycles. The molecule has 138 valence electrons. The largest absolute Gasteiger partial charge is 0.378 e. The van der Waals surface area contributed by atoms with E-state index in [1.807, 2.05) is 36.4 Å². The monoisotopic (exact) mass is 365 g/mol. The van der Waals surface area contributed by atoms with Gasteiger partial charge in [0.1, 0.15) is 11.6 Å². The van der Waals surface area contributed by atoms with Crippen molar-refractivity contribution in [3.8, 4) is 11.3 Å². The molecular formula is C19H19N5O3. The predicted molar refractivity (Wildman–Crippen MR) is 98.2 cm³/mol. The molecule has 8 heteroatoms. The normalized spacial score (nSPS) is 14.1. The molecule has 0 radical (unpaired) electrons. The van der Waals surface area contributed by atoms with Gasteiger partial charge in [-0.25, -0.2) is 9.97 Å². The van der Waals surface area contributed by atoms with E-state index in [1.54, 1.807) is 12.3 Å². The number of hydrogen-bond acceptors (Lipinski definition) is 7. The Labute approximate surface area is 156 Å². The highest BCUT2D eigenvalue weighted by Gasteiger charge is 2.15. The smallest absolute Gasteiger partial charge is 0.273 e. The average Bonchev–Trinajstić information content (AvgIpc) is 3.24. The highest BCUT2D eigenvalue weighted by molar-refractivity contribution is 5.92. The number of carbonyl (C=O) groups is 1. The predicted octanol–water partition coefficient (Wildman–Crippen LogP) is 1.90. The number of rotatable bonds is 5. The highest BCUT2D eigenvalue weighted by atomic mass is 16.5. The molecule has 3 aromatic rings. The van der Waals surface area contributed by atoms with Gasteiger partial charge in [-0.05, 0) is 6.07 Å². The minimum Gasteiger partial charge on any atom is -0.378 e. The van der Waals surface area contributed by atoms with Gasteiger partial charge in [0.2, 0.25) is 0 Å². The summed E-state index contributed by atoms with van der Waals surface area (Å²) < 4.78 is 10.6. The quantitative estimate of drug-likeness (QED) is 0.738. The van der Waals surface area contributed by atoms with E-state index in [4.69, 9.17) is 9.26 Å². The topological polar surface area (TPSA) is 93.4 Å². The van der Waals surface area contributed by atoms with Gasteiger partial charge in [0.15, 0.2) is 11.5 Å². The molecule has 0 atom stereocenters. The molecule has 1 saturated heterocycles. The first-order valence-electron chi connectivity index (χ1n) is 8.74. The van der Waals surface area contributed by atoms with E-state index in [0.717, 1.165) is 24.5 Å². The number of anilines is 1. The second-order valence-electron chi connectivity index (χ2n) is 6.06. The van der Waals surface area contributed by atoms with Gasteiger partial charge in [0.25, 0.3) is 5.91 Å². The Hall–Kier alpha value is -3.26. The van der Waals surface area contributed by atoms with Crippen LogP contribution in [0, 0.1) is 0 Å². The van der Waals surface area contributed by atoms with Crippen molar-refractivity contribution in [3.05, 3.63) is 60.2 Å². The first kappa shape index (κ1) is 17.2. The summed E-state index contributed by atoms with van der Waals surface area (Å²) in [4.78, 5) is 23.2. The zero-order valence-electron chi connectivity index (χ0n) is 14.7. The molecule has 0 unspecified atom stereocenters. The minimum atomic E-state index is -0.332. The van der Waals surface area contributed by atoms with E-state index in [1.165, 1.54) is 0 Å². The van der Waals surface area contributed by atoms with Crippen LogP contribution in [-0.2, 0) is 11.3 Å². The van der Waals surface area contributed by atoms with E-state index >= 15 is 0 Å². The molecule has 1 aliphatic heterocycles. The van der Waals surface area contributed by atoms with E-state index in [9.17, 15) is 4.79 Å². The van der Waals surface area contributed by atoms with Crippen molar-refractivity contribution >= 4 is 11.7 Å². The maximum atomic E-state index is 12.3. The fourth-order valence-electron chi connectivity index (χ4n) is 2.81. The lowest BCUT2D eigenvalue weighted by molar-refractivity contribution is 0.0941. The molecule has 1 aliphatic rings. The first-order valence-corrected chi connectivity index (χ1v) is 8.74. The fraction of sp³-hybridized carbons (Fsp3) is 0.263. The Balaban J connectivity index is 1.39. The summed E-state index contributed by atoms with van der Waals surface area (Å²) >= 11 is 0. The second kappa shape index (κ2) is 7.96. The summed E-state index contributed by atoms with van der Waals surface area (Å²) in [5, 5.41) is 6.63. The molecule has 3 heterocycles. The van der Waals surface area contributed by atoms with Crippen molar-refractivity contribution in [2.75, 3.05) is 31.2 Å². The molecule has 0 bridgehead atoms. The third kappa shape index (κ3) is 4.12. The molecule has 8 nitrogen and oxygen atoms in total. The van der Waals surface area contributed by atoms with Crippen LogP contribution in [0.25, 0.3) is 11.3 Å². The Bertz CT molecular complexity index is 906. The molecule has 0 saturated carbocycles. The number of amides is 1. The summed E-state index contributed by atoms with van der Waals surface area (Å²) in [6.07, 6.45) is 1.70.